The van der Waals surface area contributed by atoms with E-state index in [1.165, 1.54) is 17.2 Å². The summed E-state index contributed by atoms with van der Waals surface area (Å²) in [5, 5.41) is 9.05. The molecule has 1 amide bonds. The molecule has 0 saturated carbocycles. The number of rotatable bonds is 3. The van der Waals surface area contributed by atoms with E-state index < -0.39 is 17.7 Å². The molecule has 1 aliphatic heterocycles. The fourth-order valence-corrected chi connectivity index (χ4v) is 2.79. The van der Waals surface area contributed by atoms with Crippen LogP contribution in [-0.2, 0) is 11.3 Å². The van der Waals surface area contributed by atoms with Gasteiger partial charge < -0.3 is 9.52 Å². The summed E-state index contributed by atoms with van der Waals surface area (Å²) in [6.07, 6.45) is 1.24. The summed E-state index contributed by atoms with van der Waals surface area (Å²) < 4.78 is 5.65. The van der Waals surface area contributed by atoms with Crippen molar-refractivity contribution in [3.05, 3.63) is 51.9 Å². The van der Waals surface area contributed by atoms with Crippen molar-refractivity contribution in [2.45, 2.75) is 6.54 Å². The van der Waals surface area contributed by atoms with E-state index in [1.54, 1.807) is 18.2 Å². The van der Waals surface area contributed by atoms with Crippen LogP contribution in [0.5, 0.6) is 0 Å². The minimum atomic E-state index is -1.15. The topological polar surface area (TPSA) is 87.8 Å². The molecule has 7 heteroatoms. The lowest BCUT2D eigenvalue weighted by Crippen LogP contribution is -2.29. The average Bonchev–Trinajstić information content (AvgIpc) is 2.99. The van der Waals surface area contributed by atoms with E-state index in [0.717, 1.165) is 0 Å². The van der Waals surface area contributed by atoms with Crippen LogP contribution in [0.15, 0.2) is 39.4 Å². The number of anilines is 1. The second-order valence-electron chi connectivity index (χ2n) is 4.42. The molecule has 106 valence electrons. The van der Waals surface area contributed by atoms with Gasteiger partial charge in [0.05, 0.1) is 24.1 Å². The number of carbonyl (C=O) groups excluding carboxylic acids is 2. The van der Waals surface area contributed by atoms with Crippen molar-refractivity contribution < 1.29 is 23.9 Å². The van der Waals surface area contributed by atoms with Gasteiger partial charge in [0.15, 0.2) is 0 Å². The van der Waals surface area contributed by atoms with Gasteiger partial charge in [-0.3, -0.25) is 14.5 Å². The Morgan fingerprint density at radius 1 is 1.29 bits per heavy atom. The quantitative estimate of drug-likeness (QED) is 0.860. The molecule has 21 heavy (non-hydrogen) atoms. The fourth-order valence-electron chi connectivity index (χ4n) is 2.26. The molecule has 2 aromatic rings. The van der Waals surface area contributed by atoms with Crippen LogP contribution in [0, 0.1) is 0 Å². The van der Waals surface area contributed by atoms with E-state index in [1.807, 2.05) is 0 Å². The largest absolute Gasteiger partial charge is 0.478 e. The van der Waals surface area contributed by atoms with Gasteiger partial charge in [-0.05, 0) is 34.1 Å². The molecule has 0 atom stereocenters. The van der Waals surface area contributed by atoms with Crippen molar-refractivity contribution in [1.29, 1.82) is 0 Å². The summed E-state index contributed by atoms with van der Waals surface area (Å²) in [4.78, 5) is 36.4. The zero-order chi connectivity index (χ0) is 15.1. The van der Waals surface area contributed by atoms with E-state index in [0.29, 0.717) is 10.2 Å². The number of fused-ring (bicyclic) bond motifs is 1. The van der Waals surface area contributed by atoms with Crippen LogP contribution >= 0.6 is 15.9 Å². The fraction of sp³-hybridized carbons (Fsp3) is 0.0714. The predicted octanol–water partition coefficient (Wildman–Crippen LogP) is 2.47. The molecule has 0 bridgehead atoms. The van der Waals surface area contributed by atoms with Crippen molar-refractivity contribution in [3.63, 3.8) is 0 Å². The highest BCUT2D eigenvalue weighted by Gasteiger charge is 2.38. The summed E-state index contributed by atoms with van der Waals surface area (Å²) in [6, 6.07) is 6.30. The first-order valence-electron chi connectivity index (χ1n) is 5.95. The number of benzene rings is 1. The molecule has 0 radical (unpaired) electrons. The SMILES string of the molecule is O=C(O)c1ccoc1CN1C(=O)C(=O)c2c(Br)cccc21. The molecule has 6 nitrogen and oxygen atoms in total. The van der Waals surface area contributed by atoms with Gasteiger partial charge in [-0.25, -0.2) is 4.79 Å². The molecule has 0 fully saturated rings. The summed E-state index contributed by atoms with van der Waals surface area (Å²) in [7, 11) is 0. The maximum Gasteiger partial charge on any atom is 0.339 e. The summed E-state index contributed by atoms with van der Waals surface area (Å²) in [5.41, 5.74) is 0.691. The number of Topliss-reactive ketones (excluding diaryl/α,β-unsaturated/α-hetero) is 1. The summed E-state index contributed by atoms with van der Waals surface area (Å²) in [6.45, 7) is -0.108. The minimum absolute atomic E-state index is 0.0290. The monoisotopic (exact) mass is 349 g/mol. The minimum Gasteiger partial charge on any atom is -0.478 e. The highest BCUT2D eigenvalue weighted by atomic mass is 79.9. The average molecular weight is 350 g/mol. The van der Waals surface area contributed by atoms with Gasteiger partial charge in [0, 0.05) is 4.47 Å². The number of ketones is 1. The van der Waals surface area contributed by atoms with Gasteiger partial charge in [0.2, 0.25) is 0 Å². The highest BCUT2D eigenvalue weighted by Crippen LogP contribution is 2.35. The maximum atomic E-state index is 12.1. The zero-order valence-corrected chi connectivity index (χ0v) is 12.1. The number of carboxylic acids is 1. The number of carboxylic acid groups (broad SMARTS) is 1. The van der Waals surface area contributed by atoms with Gasteiger partial charge in [0.1, 0.15) is 11.3 Å². The predicted molar refractivity (Wildman–Crippen MR) is 75.3 cm³/mol. The van der Waals surface area contributed by atoms with E-state index in [-0.39, 0.29) is 23.4 Å². The molecular weight excluding hydrogens is 342 g/mol. The van der Waals surface area contributed by atoms with E-state index in [9.17, 15) is 14.4 Å². The van der Waals surface area contributed by atoms with Crippen LogP contribution in [0.4, 0.5) is 5.69 Å². The molecule has 1 aromatic heterocycles. The normalized spacial score (nSPS) is 13.7. The Kier molecular flexibility index (Phi) is 3.13. The Bertz CT molecular complexity index is 779. The number of nitrogens with zero attached hydrogens (tertiary/aromatic N) is 1. The lowest BCUT2D eigenvalue weighted by Gasteiger charge is -2.15. The van der Waals surface area contributed by atoms with Crippen LogP contribution in [-0.4, -0.2) is 22.8 Å². The Morgan fingerprint density at radius 2 is 2.05 bits per heavy atom. The molecule has 0 aliphatic carbocycles. The number of hydrogen-bond acceptors (Lipinski definition) is 4. The van der Waals surface area contributed by atoms with Crippen molar-refractivity contribution in [3.8, 4) is 0 Å². The maximum absolute atomic E-state index is 12.1. The first kappa shape index (κ1) is 13.6. The molecule has 0 unspecified atom stereocenters. The molecule has 0 saturated heterocycles. The van der Waals surface area contributed by atoms with Crippen LogP contribution < -0.4 is 4.90 Å². The van der Waals surface area contributed by atoms with Crippen molar-refractivity contribution in [1.82, 2.24) is 0 Å². The Hall–Kier alpha value is -2.41. The molecule has 1 aromatic carbocycles. The van der Waals surface area contributed by atoms with Crippen molar-refractivity contribution in [2.75, 3.05) is 4.90 Å². The number of aromatic carboxylic acids is 1. The second kappa shape index (κ2) is 4.85. The Labute approximate surface area is 127 Å². The van der Waals surface area contributed by atoms with Crippen molar-refractivity contribution in [2.24, 2.45) is 0 Å². The highest BCUT2D eigenvalue weighted by molar-refractivity contribution is 9.10. The van der Waals surface area contributed by atoms with Gasteiger partial charge in [-0.15, -0.1) is 0 Å². The third kappa shape index (κ3) is 2.06. The third-order valence-corrected chi connectivity index (χ3v) is 3.89. The van der Waals surface area contributed by atoms with Gasteiger partial charge in [-0.1, -0.05) is 6.07 Å². The second-order valence-corrected chi connectivity index (χ2v) is 5.27. The number of halogens is 1. The van der Waals surface area contributed by atoms with Gasteiger partial charge >= 0.3 is 5.97 Å². The Balaban J connectivity index is 2.03. The molecule has 1 N–H and O–H groups in total. The van der Waals surface area contributed by atoms with Gasteiger partial charge in [0.25, 0.3) is 11.7 Å². The number of furan rings is 1. The van der Waals surface area contributed by atoms with E-state index in [2.05, 4.69) is 15.9 Å². The van der Waals surface area contributed by atoms with Crippen LogP contribution in [0.2, 0.25) is 0 Å². The first-order chi connectivity index (χ1) is 10.0. The number of amides is 1. The lowest BCUT2D eigenvalue weighted by atomic mass is 10.1. The van der Waals surface area contributed by atoms with E-state index >= 15 is 0 Å². The van der Waals surface area contributed by atoms with Crippen molar-refractivity contribution >= 4 is 39.3 Å². The lowest BCUT2D eigenvalue weighted by molar-refractivity contribution is -0.114. The molecular formula is C14H8BrNO5. The summed E-state index contributed by atoms with van der Waals surface area (Å²) in [5.74, 6) is -2.35. The standard InChI is InChI=1S/C14H8BrNO5/c15-8-2-1-3-9-11(8)12(17)13(18)16(9)6-10-7(14(19)20)4-5-21-10/h1-5H,6H2,(H,19,20). The molecule has 1 aliphatic rings. The number of hydrogen-bond donors (Lipinski definition) is 1. The van der Waals surface area contributed by atoms with Gasteiger partial charge in [-0.2, -0.15) is 0 Å². The molecule has 0 spiro atoms. The van der Waals surface area contributed by atoms with Crippen LogP contribution in [0.1, 0.15) is 26.5 Å². The van der Waals surface area contributed by atoms with Crippen LogP contribution in [0.25, 0.3) is 0 Å². The smallest absolute Gasteiger partial charge is 0.339 e. The first-order valence-corrected chi connectivity index (χ1v) is 6.74. The Morgan fingerprint density at radius 3 is 2.76 bits per heavy atom. The van der Waals surface area contributed by atoms with E-state index in [4.69, 9.17) is 9.52 Å². The zero-order valence-electron chi connectivity index (χ0n) is 10.5. The number of carbonyl (C=O) groups is 3. The summed E-state index contributed by atoms with van der Waals surface area (Å²) >= 11 is 3.24. The molecule has 2 heterocycles. The van der Waals surface area contributed by atoms with Crippen LogP contribution in [0.3, 0.4) is 0 Å². The molecule has 3 rings (SSSR count). The third-order valence-electron chi connectivity index (χ3n) is 3.23.